The van der Waals surface area contributed by atoms with E-state index in [2.05, 4.69) is 26.4 Å². The summed E-state index contributed by atoms with van der Waals surface area (Å²) < 4.78 is 8.19. The molecule has 290 valence electrons. The van der Waals surface area contributed by atoms with Gasteiger partial charge in [-0.3, -0.25) is 19.3 Å². The summed E-state index contributed by atoms with van der Waals surface area (Å²) in [5.74, 6) is 0.198. The number of fused-ring (bicyclic) bond motifs is 1. The molecular weight excluding hydrogens is 676 g/mol. The first-order valence-corrected chi connectivity index (χ1v) is 19.5. The van der Waals surface area contributed by atoms with Crippen molar-refractivity contribution in [1.82, 2.24) is 29.3 Å². The molecule has 0 spiro atoms. The number of ketones is 1. The fourth-order valence-corrected chi connectivity index (χ4v) is 10.9. The number of aliphatic hydroxyl groups is 2. The second-order valence-electron chi connectivity index (χ2n) is 17.3. The van der Waals surface area contributed by atoms with Crippen LogP contribution in [-0.4, -0.2) is 127 Å². The average molecular weight is 735 g/mol. The first-order valence-electron chi connectivity index (χ1n) is 19.5. The van der Waals surface area contributed by atoms with Crippen LogP contribution < -0.4 is 10.6 Å². The molecule has 5 fully saturated rings. The molecule has 14 nitrogen and oxygen atoms in total. The Bertz CT molecular complexity index is 1740. The third-order valence-electron chi connectivity index (χ3n) is 14.7. The molecule has 5 aliphatic rings. The van der Waals surface area contributed by atoms with Gasteiger partial charge >= 0.3 is 5.97 Å². The number of aliphatic hydroxyl groups excluding tert-OH is 2. The number of imidazole rings is 1. The van der Waals surface area contributed by atoms with Crippen LogP contribution >= 0.6 is 0 Å². The van der Waals surface area contributed by atoms with Crippen LogP contribution in [0.25, 0.3) is 11.2 Å². The van der Waals surface area contributed by atoms with Crippen molar-refractivity contribution in [3.05, 3.63) is 25.3 Å². The van der Waals surface area contributed by atoms with Crippen LogP contribution in [0.1, 0.15) is 72.6 Å². The largest absolute Gasteiger partial charge is 0.458 e. The number of nitrogens with zero attached hydrogens (tertiary/aromatic N) is 7. The number of piperazine rings is 1. The van der Waals surface area contributed by atoms with Gasteiger partial charge in [0, 0.05) is 62.4 Å². The Labute approximate surface area is 312 Å². The predicted octanol–water partition coefficient (Wildman–Crippen LogP) is 2.17. The van der Waals surface area contributed by atoms with Gasteiger partial charge in [-0.2, -0.15) is 0 Å². The molecule has 2 saturated heterocycles. The van der Waals surface area contributed by atoms with E-state index in [1.807, 2.05) is 32.6 Å². The number of aromatic nitrogens is 4. The Kier molecular flexibility index (Phi) is 9.99. The highest BCUT2D eigenvalue weighted by Crippen LogP contribution is 2.69. The summed E-state index contributed by atoms with van der Waals surface area (Å²) in [5, 5.41) is 23.6. The number of nitrogens with two attached hydrogens (primary N) is 1. The quantitative estimate of drug-likeness (QED) is 0.266. The summed E-state index contributed by atoms with van der Waals surface area (Å²) in [5.41, 5.74) is 3.78. The van der Waals surface area contributed by atoms with E-state index in [1.54, 1.807) is 21.9 Å². The fraction of sp³-hybridized carbons (Fsp3) is 0.744. The SMILES string of the molecule is C=CC1(C)CC(O)C2(C)C3C(=O)CCC3(CCC2(C)OC(=O)CN2CCN(C(=O)Cn3cnc4c(N5CCC(CN)CC5)ncnc43)CC2)C(C)C1O. The summed E-state index contributed by atoms with van der Waals surface area (Å²) in [6.07, 6.45) is 7.52. The van der Waals surface area contributed by atoms with Gasteiger partial charge in [0.25, 0.3) is 0 Å². The predicted molar refractivity (Wildman–Crippen MR) is 198 cm³/mol. The van der Waals surface area contributed by atoms with Crippen molar-refractivity contribution in [1.29, 1.82) is 0 Å². The molecule has 0 radical (unpaired) electrons. The molecule has 0 aromatic carbocycles. The monoisotopic (exact) mass is 734 g/mol. The van der Waals surface area contributed by atoms with Crippen LogP contribution in [0.4, 0.5) is 5.82 Å². The number of anilines is 1. The lowest BCUT2D eigenvalue weighted by atomic mass is 9.42. The van der Waals surface area contributed by atoms with E-state index in [0.29, 0.717) is 75.5 Å². The molecule has 4 heterocycles. The number of carbonyl (C=O) groups is 3. The maximum Gasteiger partial charge on any atom is 0.320 e. The molecule has 8 unspecified atom stereocenters. The second kappa shape index (κ2) is 14.0. The molecule has 1 amide bonds. The lowest BCUT2D eigenvalue weighted by Crippen LogP contribution is -2.69. The Morgan fingerprint density at radius 2 is 1.74 bits per heavy atom. The Morgan fingerprint density at radius 1 is 1.02 bits per heavy atom. The first-order chi connectivity index (χ1) is 25.2. The van der Waals surface area contributed by atoms with E-state index in [4.69, 9.17) is 10.5 Å². The van der Waals surface area contributed by atoms with E-state index in [-0.39, 0.29) is 37.1 Å². The Morgan fingerprint density at radius 3 is 2.42 bits per heavy atom. The van der Waals surface area contributed by atoms with Gasteiger partial charge in [-0.15, -0.1) is 6.58 Å². The van der Waals surface area contributed by atoms with Crippen molar-refractivity contribution in [3.8, 4) is 0 Å². The highest BCUT2D eigenvalue weighted by atomic mass is 16.6. The van der Waals surface area contributed by atoms with Crippen LogP contribution in [-0.2, 0) is 25.7 Å². The zero-order chi connectivity index (χ0) is 37.9. The number of hydrogen-bond acceptors (Lipinski definition) is 12. The molecule has 2 aromatic rings. The van der Waals surface area contributed by atoms with Crippen LogP contribution in [0, 0.1) is 34.0 Å². The van der Waals surface area contributed by atoms with Gasteiger partial charge < -0.3 is 35.1 Å². The van der Waals surface area contributed by atoms with Crippen LogP contribution in [0.15, 0.2) is 25.3 Å². The zero-order valence-electron chi connectivity index (χ0n) is 31.9. The van der Waals surface area contributed by atoms with Crippen LogP contribution in [0.3, 0.4) is 0 Å². The lowest BCUT2D eigenvalue weighted by Gasteiger charge is -2.64. The molecule has 3 aliphatic carbocycles. The summed E-state index contributed by atoms with van der Waals surface area (Å²) in [7, 11) is 0. The standard InChI is InChI=1S/C39H58N8O6/c1-6-36(3)19-28(49)38(5)32-27(48)7-10-39(32,25(2)33(36)52)12-11-37(38,4)53-30(51)22-44-15-17-45(18-16-44)29(50)21-47-24-43-31-34(41-23-42-35(31)47)46-13-8-26(20-40)9-14-46/h6,23-26,28,32-33,49,52H,1,7-22,40H2,2-5H3. The number of esters is 1. The molecule has 14 heteroatoms. The Hall–Kier alpha value is -3.46. The van der Waals surface area contributed by atoms with Crippen LogP contribution in [0.5, 0.6) is 0 Å². The van der Waals surface area contributed by atoms with Crippen molar-refractivity contribution in [2.24, 2.45) is 39.7 Å². The number of carbonyl (C=O) groups excluding carboxylic acids is 3. The third-order valence-corrected chi connectivity index (χ3v) is 14.7. The van der Waals surface area contributed by atoms with Gasteiger partial charge in [0.1, 0.15) is 24.3 Å². The summed E-state index contributed by atoms with van der Waals surface area (Å²) >= 11 is 0. The molecule has 2 aromatic heterocycles. The van der Waals surface area contributed by atoms with E-state index in [9.17, 15) is 24.6 Å². The van der Waals surface area contributed by atoms with E-state index in [0.717, 1.165) is 31.7 Å². The molecule has 3 saturated carbocycles. The smallest absolute Gasteiger partial charge is 0.320 e. The van der Waals surface area contributed by atoms with Gasteiger partial charge in [0.15, 0.2) is 17.0 Å². The maximum atomic E-state index is 13.7. The van der Waals surface area contributed by atoms with E-state index in [1.165, 1.54) is 6.33 Å². The number of rotatable bonds is 8. The van der Waals surface area contributed by atoms with Gasteiger partial charge in [-0.05, 0) is 69.2 Å². The molecule has 2 aliphatic heterocycles. The van der Waals surface area contributed by atoms with Crippen molar-refractivity contribution in [2.45, 2.75) is 97.0 Å². The summed E-state index contributed by atoms with van der Waals surface area (Å²) in [4.78, 5) is 60.6. The van der Waals surface area contributed by atoms with Crippen molar-refractivity contribution < 1.29 is 29.3 Å². The van der Waals surface area contributed by atoms with Crippen molar-refractivity contribution in [2.75, 3.05) is 57.3 Å². The molecule has 53 heavy (non-hydrogen) atoms. The van der Waals surface area contributed by atoms with E-state index < -0.39 is 45.9 Å². The number of hydrogen-bond donors (Lipinski definition) is 3. The normalized spacial score (nSPS) is 36.9. The van der Waals surface area contributed by atoms with Gasteiger partial charge in [0.05, 0.1) is 25.1 Å². The highest BCUT2D eigenvalue weighted by molar-refractivity contribution is 5.86. The topological polar surface area (TPSA) is 180 Å². The van der Waals surface area contributed by atoms with E-state index >= 15 is 0 Å². The van der Waals surface area contributed by atoms with Crippen molar-refractivity contribution >= 4 is 34.6 Å². The molecular formula is C39H58N8O6. The first kappa shape index (κ1) is 37.8. The summed E-state index contributed by atoms with van der Waals surface area (Å²) in [6.45, 7) is 16.3. The second-order valence-corrected chi connectivity index (χ2v) is 17.3. The maximum absolute atomic E-state index is 13.7. The highest BCUT2D eigenvalue weighted by Gasteiger charge is 2.72. The minimum Gasteiger partial charge on any atom is -0.458 e. The van der Waals surface area contributed by atoms with Gasteiger partial charge in [-0.25, -0.2) is 15.0 Å². The molecule has 8 atom stereocenters. The molecule has 7 rings (SSSR count). The number of ether oxygens (including phenoxy) is 1. The van der Waals surface area contributed by atoms with Gasteiger partial charge in [0.2, 0.25) is 5.91 Å². The number of amides is 1. The minimum absolute atomic E-state index is 0.0431. The van der Waals surface area contributed by atoms with Crippen molar-refractivity contribution in [3.63, 3.8) is 0 Å². The van der Waals surface area contributed by atoms with Crippen LogP contribution in [0.2, 0.25) is 0 Å². The van der Waals surface area contributed by atoms with Gasteiger partial charge in [-0.1, -0.05) is 26.8 Å². The number of Topliss-reactive ketones (excluding diaryl/α,β-unsaturated/α-hetero) is 1. The lowest BCUT2D eigenvalue weighted by molar-refractivity contribution is -0.252. The fourth-order valence-electron chi connectivity index (χ4n) is 10.9. The Balaban J connectivity index is 0.984. The third kappa shape index (κ3) is 6.17. The number of piperidine rings is 1. The average Bonchev–Trinajstić information content (AvgIpc) is 3.73. The summed E-state index contributed by atoms with van der Waals surface area (Å²) in [6, 6.07) is 0. The molecule has 4 N–H and O–H groups in total. The zero-order valence-corrected chi connectivity index (χ0v) is 31.9. The molecule has 2 bridgehead atoms. The minimum atomic E-state index is -1.10.